The average molecular weight is 429 g/mol. The Morgan fingerprint density at radius 1 is 1.23 bits per heavy atom. The molecule has 1 saturated heterocycles. The van der Waals surface area contributed by atoms with E-state index in [-0.39, 0.29) is 0 Å². The first kappa shape index (κ1) is 21.5. The van der Waals surface area contributed by atoms with Gasteiger partial charge in [0.15, 0.2) is 0 Å². The Balaban J connectivity index is 1.34. The van der Waals surface area contributed by atoms with E-state index in [9.17, 15) is 5.11 Å². The minimum Gasteiger partial charge on any atom is -0.493 e. The molecule has 3 heterocycles. The van der Waals surface area contributed by atoms with Gasteiger partial charge in [-0.15, -0.1) is 11.3 Å². The molecule has 0 bridgehead atoms. The summed E-state index contributed by atoms with van der Waals surface area (Å²) in [6, 6.07) is 9.89. The summed E-state index contributed by atoms with van der Waals surface area (Å²) in [5.74, 6) is 0.890. The van der Waals surface area contributed by atoms with Gasteiger partial charge < -0.3 is 14.6 Å². The molecule has 0 radical (unpaired) electrons. The Morgan fingerprint density at radius 2 is 2.10 bits per heavy atom. The lowest BCUT2D eigenvalue weighted by Gasteiger charge is -2.26. The third-order valence-electron chi connectivity index (χ3n) is 5.95. The zero-order chi connectivity index (χ0) is 20.8. The van der Waals surface area contributed by atoms with Gasteiger partial charge in [0.1, 0.15) is 16.4 Å². The summed E-state index contributed by atoms with van der Waals surface area (Å²) in [6.07, 6.45) is 6.63. The highest BCUT2D eigenvalue weighted by Crippen LogP contribution is 2.36. The van der Waals surface area contributed by atoms with Crippen molar-refractivity contribution in [3.63, 3.8) is 0 Å². The number of thiazole rings is 1. The number of rotatable bonds is 7. The van der Waals surface area contributed by atoms with Crippen molar-refractivity contribution in [3.05, 3.63) is 57.6 Å². The van der Waals surface area contributed by atoms with Gasteiger partial charge in [-0.2, -0.15) is 0 Å². The smallest absolute Gasteiger partial charge is 0.125 e. The number of nitrogens with zero attached hydrogens (tertiary/aromatic N) is 2. The van der Waals surface area contributed by atoms with Crippen molar-refractivity contribution in [2.45, 2.75) is 44.6 Å². The van der Waals surface area contributed by atoms with Crippen molar-refractivity contribution < 1.29 is 14.6 Å². The van der Waals surface area contributed by atoms with Crippen molar-refractivity contribution >= 4 is 11.3 Å². The molecule has 1 aromatic heterocycles. The van der Waals surface area contributed by atoms with Crippen LogP contribution >= 0.6 is 11.3 Å². The Hall–Kier alpha value is -1.73. The highest BCUT2D eigenvalue weighted by molar-refractivity contribution is 7.11. The van der Waals surface area contributed by atoms with E-state index >= 15 is 0 Å². The molecule has 1 aromatic carbocycles. The SMILES string of the molecule is Cc1nc([C@]2(O)CCCN(CC3=CCCOC3)CC2)sc1CCOc1ccccc1. The maximum absolute atomic E-state index is 11.4. The fourth-order valence-corrected chi connectivity index (χ4v) is 5.38. The maximum atomic E-state index is 11.4. The van der Waals surface area contributed by atoms with Crippen molar-refractivity contribution in [2.75, 3.05) is 39.5 Å². The summed E-state index contributed by atoms with van der Waals surface area (Å²) >= 11 is 1.66. The van der Waals surface area contributed by atoms with E-state index in [1.165, 1.54) is 10.5 Å². The number of aryl methyl sites for hydroxylation is 1. The third-order valence-corrected chi connectivity index (χ3v) is 7.36. The van der Waals surface area contributed by atoms with Crippen LogP contribution in [0.15, 0.2) is 42.0 Å². The predicted octanol–water partition coefficient (Wildman–Crippen LogP) is 4.09. The summed E-state index contributed by atoms with van der Waals surface area (Å²) in [7, 11) is 0. The molecular weight excluding hydrogens is 396 g/mol. The largest absolute Gasteiger partial charge is 0.493 e. The van der Waals surface area contributed by atoms with Crippen LogP contribution in [0.3, 0.4) is 0 Å². The maximum Gasteiger partial charge on any atom is 0.125 e. The number of aliphatic hydroxyl groups is 1. The zero-order valence-electron chi connectivity index (χ0n) is 17.8. The van der Waals surface area contributed by atoms with E-state index in [0.717, 1.165) is 81.4 Å². The summed E-state index contributed by atoms with van der Waals surface area (Å²) in [6.45, 7) is 7.11. The molecule has 1 fully saturated rings. The molecule has 2 aromatic rings. The summed E-state index contributed by atoms with van der Waals surface area (Å²) < 4.78 is 11.4. The topological polar surface area (TPSA) is 54.8 Å². The van der Waals surface area contributed by atoms with Crippen molar-refractivity contribution in [1.29, 1.82) is 0 Å². The number of hydrogen-bond donors (Lipinski definition) is 1. The number of benzene rings is 1. The van der Waals surface area contributed by atoms with E-state index in [0.29, 0.717) is 6.61 Å². The number of likely N-dealkylation sites (tertiary alicyclic amines) is 1. The quantitative estimate of drug-likeness (QED) is 0.673. The second-order valence-corrected chi connectivity index (χ2v) is 9.39. The molecule has 1 N–H and O–H groups in total. The van der Waals surface area contributed by atoms with E-state index in [4.69, 9.17) is 14.5 Å². The van der Waals surface area contributed by atoms with Gasteiger partial charge >= 0.3 is 0 Å². The van der Waals surface area contributed by atoms with Crippen molar-refractivity contribution in [3.8, 4) is 5.75 Å². The molecule has 30 heavy (non-hydrogen) atoms. The molecule has 2 aliphatic heterocycles. The van der Waals surface area contributed by atoms with Crippen LogP contribution in [0.2, 0.25) is 0 Å². The lowest BCUT2D eigenvalue weighted by atomic mass is 9.96. The standard InChI is InChI=1S/C24H32N2O3S/c1-19-22(10-16-29-21-8-3-2-4-9-21)30-23(25-19)24(27)11-6-13-26(14-12-24)17-20-7-5-15-28-18-20/h2-4,7-9,27H,5-6,10-18H2,1H3/t24-/m0/s1. The van der Waals surface area contributed by atoms with Gasteiger partial charge in [0, 0.05) is 24.4 Å². The van der Waals surface area contributed by atoms with Crippen LogP contribution in [0.5, 0.6) is 5.75 Å². The van der Waals surface area contributed by atoms with Crippen LogP contribution in [0.25, 0.3) is 0 Å². The second-order valence-electron chi connectivity index (χ2n) is 8.30. The zero-order valence-corrected chi connectivity index (χ0v) is 18.6. The van der Waals surface area contributed by atoms with Gasteiger partial charge in [-0.1, -0.05) is 24.3 Å². The average Bonchev–Trinajstić information content (AvgIpc) is 3.04. The van der Waals surface area contributed by atoms with Gasteiger partial charge in [0.25, 0.3) is 0 Å². The van der Waals surface area contributed by atoms with Gasteiger partial charge in [0.2, 0.25) is 0 Å². The Bertz CT molecular complexity index is 851. The third kappa shape index (κ3) is 5.49. The molecule has 6 heteroatoms. The fraction of sp³-hybridized carbons (Fsp3) is 0.542. The van der Waals surface area contributed by atoms with Gasteiger partial charge in [0.05, 0.1) is 25.5 Å². The molecule has 0 unspecified atom stereocenters. The summed E-state index contributed by atoms with van der Waals surface area (Å²) in [5, 5.41) is 12.3. The Labute approximate surface area is 183 Å². The molecule has 0 amide bonds. The fourth-order valence-electron chi connectivity index (χ4n) is 4.19. The summed E-state index contributed by atoms with van der Waals surface area (Å²) in [4.78, 5) is 8.44. The van der Waals surface area contributed by atoms with E-state index in [1.54, 1.807) is 11.3 Å². The molecule has 0 saturated carbocycles. The highest BCUT2D eigenvalue weighted by Gasteiger charge is 2.35. The van der Waals surface area contributed by atoms with Crippen LogP contribution in [0.4, 0.5) is 0 Å². The first-order valence-corrected chi connectivity index (χ1v) is 11.8. The summed E-state index contributed by atoms with van der Waals surface area (Å²) in [5.41, 5.74) is 1.57. The number of hydrogen-bond acceptors (Lipinski definition) is 6. The molecule has 4 rings (SSSR count). The molecule has 5 nitrogen and oxygen atoms in total. The molecule has 0 spiro atoms. The minimum atomic E-state index is -0.819. The van der Waals surface area contributed by atoms with Crippen molar-refractivity contribution in [1.82, 2.24) is 9.88 Å². The monoisotopic (exact) mass is 428 g/mol. The van der Waals surface area contributed by atoms with Gasteiger partial charge in [-0.05, 0) is 56.9 Å². The van der Waals surface area contributed by atoms with Gasteiger partial charge in [-0.25, -0.2) is 4.98 Å². The lowest BCUT2D eigenvalue weighted by molar-refractivity contribution is 0.0210. The molecular formula is C24H32N2O3S. The van der Waals surface area contributed by atoms with Crippen molar-refractivity contribution in [2.24, 2.45) is 0 Å². The number of aromatic nitrogens is 1. The Kier molecular flexibility index (Phi) is 7.20. The van der Waals surface area contributed by atoms with Crippen LogP contribution in [0.1, 0.15) is 41.3 Å². The van der Waals surface area contributed by atoms with Crippen LogP contribution in [0, 0.1) is 6.92 Å². The second kappa shape index (κ2) is 10.1. The first-order chi connectivity index (χ1) is 14.6. The van der Waals surface area contributed by atoms with Crippen LogP contribution in [-0.2, 0) is 16.8 Å². The predicted molar refractivity (Wildman–Crippen MR) is 120 cm³/mol. The highest BCUT2D eigenvalue weighted by atomic mass is 32.1. The molecule has 0 aliphatic carbocycles. The number of ether oxygens (including phenoxy) is 2. The normalized spacial score (nSPS) is 23.1. The molecule has 2 aliphatic rings. The first-order valence-electron chi connectivity index (χ1n) is 11.0. The van der Waals surface area contributed by atoms with E-state index in [2.05, 4.69) is 11.0 Å². The van der Waals surface area contributed by atoms with E-state index in [1.807, 2.05) is 37.3 Å². The Morgan fingerprint density at radius 3 is 2.90 bits per heavy atom. The lowest BCUT2D eigenvalue weighted by Crippen LogP contribution is -2.31. The minimum absolute atomic E-state index is 0.621. The van der Waals surface area contributed by atoms with Crippen LogP contribution in [-0.4, -0.2) is 54.4 Å². The molecule has 162 valence electrons. The van der Waals surface area contributed by atoms with Crippen LogP contribution < -0.4 is 4.74 Å². The molecule has 1 atom stereocenters. The number of para-hydroxylation sites is 1. The van der Waals surface area contributed by atoms with Gasteiger partial charge in [-0.3, -0.25) is 4.90 Å². The van der Waals surface area contributed by atoms with E-state index < -0.39 is 5.60 Å².